The molecule has 0 radical (unpaired) electrons. The highest BCUT2D eigenvalue weighted by Crippen LogP contribution is 2.32. The lowest BCUT2D eigenvalue weighted by atomic mass is 9.93. The standard InChI is InChI=1S/C23H24N6S/c1-15-5-4-10-24-22(15)23-27-18-13-21(25-14-19(18)30-23)28-20-7-3-6-17(26-20)16-8-11-29(2)12-9-16/h3-7,10,13-14,16H,8-9,11-12H2,1-2H3,(H,25,26,28). The third kappa shape index (κ3) is 3.91. The molecule has 30 heavy (non-hydrogen) atoms. The number of aromatic nitrogens is 4. The van der Waals surface area contributed by atoms with Crippen LogP contribution in [0.15, 0.2) is 48.8 Å². The van der Waals surface area contributed by atoms with Crippen LogP contribution in [0.2, 0.25) is 0 Å². The lowest BCUT2D eigenvalue weighted by Crippen LogP contribution is -2.29. The third-order valence-electron chi connectivity index (χ3n) is 5.65. The molecular weight excluding hydrogens is 392 g/mol. The van der Waals surface area contributed by atoms with Crippen molar-refractivity contribution in [3.05, 3.63) is 60.0 Å². The molecule has 1 fully saturated rings. The molecule has 152 valence electrons. The number of fused-ring (bicyclic) bond motifs is 1. The van der Waals surface area contributed by atoms with Gasteiger partial charge in [-0.15, -0.1) is 11.3 Å². The van der Waals surface area contributed by atoms with Gasteiger partial charge in [-0.05, 0) is 63.7 Å². The van der Waals surface area contributed by atoms with Crippen LogP contribution in [0.1, 0.15) is 30.0 Å². The van der Waals surface area contributed by atoms with Gasteiger partial charge in [-0.1, -0.05) is 12.1 Å². The fourth-order valence-corrected chi connectivity index (χ4v) is 4.88. The average molecular weight is 417 g/mol. The summed E-state index contributed by atoms with van der Waals surface area (Å²) in [6, 6.07) is 12.2. The highest BCUT2D eigenvalue weighted by Gasteiger charge is 2.19. The van der Waals surface area contributed by atoms with Crippen LogP contribution in [-0.2, 0) is 0 Å². The van der Waals surface area contributed by atoms with E-state index in [-0.39, 0.29) is 0 Å². The number of hydrogen-bond acceptors (Lipinski definition) is 7. The smallest absolute Gasteiger partial charge is 0.143 e. The van der Waals surface area contributed by atoms with Crippen LogP contribution in [-0.4, -0.2) is 45.0 Å². The van der Waals surface area contributed by atoms with E-state index >= 15 is 0 Å². The quantitative estimate of drug-likeness (QED) is 0.504. The number of likely N-dealkylation sites (tertiary alicyclic amines) is 1. The Kier molecular flexibility index (Phi) is 5.14. The summed E-state index contributed by atoms with van der Waals surface area (Å²) in [5, 5.41) is 4.28. The Bertz CT molecular complexity index is 1180. The number of nitrogens with zero attached hydrogens (tertiary/aromatic N) is 5. The molecule has 0 aliphatic carbocycles. The molecule has 6 nitrogen and oxygen atoms in total. The van der Waals surface area contributed by atoms with Crippen LogP contribution in [0.5, 0.6) is 0 Å². The Morgan fingerprint density at radius 3 is 2.73 bits per heavy atom. The van der Waals surface area contributed by atoms with Crippen molar-refractivity contribution in [2.24, 2.45) is 0 Å². The van der Waals surface area contributed by atoms with Gasteiger partial charge in [0.05, 0.1) is 10.2 Å². The molecule has 1 saturated heterocycles. The zero-order valence-corrected chi connectivity index (χ0v) is 18.0. The molecule has 0 bridgehead atoms. The number of pyridine rings is 3. The monoisotopic (exact) mass is 416 g/mol. The number of rotatable bonds is 4. The van der Waals surface area contributed by atoms with Gasteiger partial charge < -0.3 is 10.2 Å². The number of aryl methyl sites for hydroxylation is 1. The topological polar surface area (TPSA) is 66.8 Å². The molecule has 0 aromatic carbocycles. The van der Waals surface area contributed by atoms with Crippen molar-refractivity contribution < 1.29 is 0 Å². The van der Waals surface area contributed by atoms with Gasteiger partial charge in [0.25, 0.3) is 0 Å². The van der Waals surface area contributed by atoms with E-state index in [2.05, 4.69) is 52.4 Å². The van der Waals surface area contributed by atoms with Gasteiger partial charge in [0, 0.05) is 30.1 Å². The fourth-order valence-electron chi connectivity index (χ4n) is 3.90. The van der Waals surface area contributed by atoms with Crippen molar-refractivity contribution >= 4 is 33.2 Å². The maximum absolute atomic E-state index is 4.86. The molecule has 5 heterocycles. The molecule has 0 unspecified atom stereocenters. The van der Waals surface area contributed by atoms with Crippen molar-refractivity contribution in [1.82, 2.24) is 24.8 Å². The Morgan fingerprint density at radius 1 is 1.03 bits per heavy atom. The highest BCUT2D eigenvalue weighted by atomic mass is 32.1. The predicted molar refractivity (Wildman–Crippen MR) is 122 cm³/mol. The molecule has 1 aliphatic heterocycles. The van der Waals surface area contributed by atoms with Crippen molar-refractivity contribution in [3.8, 4) is 10.7 Å². The van der Waals surface area contributed by atoms with E-state index in [1.54, 1.807) is 11.3 Å². The molecule has 0 saturated carbocycles. The van der Waals surface area contributed by atoms with E-state index < -0.39 is 0 Å². The minimum absolute atomic E-state index is 0.529. The van der Waals surface area contributed by atoms with Crippen LogP contribution in [0.3, 0.4) is 0 Å². The van der Waals surface area contributed by atoms with Crippen LogP contribution in [0.25, 0.3) is 20.9 Å². The third-order valence-corrected chi connectivity index (χ3v) is 6.66. The SMILES string of the molecule is Cc1cccnc1-c1nc2cc(Nc3cccc(C4CCN(C)CC4)n3)ncc2s1. The first-order chi connectivity index (χ1) is 14.7. The van der Waals surface area contributed by atoms with E-state index in [9.17, 15) is 0 Å². The Morgan fingerprint density at radius 2 is 1.90 bits per heavy atom. The van der Waals surface area contributed by atoms with E-state index in [1.807, 2.05) is 30.6 Å². The first-order valence-electron chi connectivity index (χ1n) is 10.3. The van der Waals surface area contributed by atoms with Gasteiger partial charge in [0.1, 0.15) is 22.3 Å². The van der Waals surface area contributed by atoms with Gasteiger partial charge >= 0.3 is 0 Å². The number of hydrogen-bond donors (Lipinski definition) is 1. The van der Waals surface area contributed by atoms with E-state index in [1.165, 1.54) is 0 Å². The minimum Gasteiger partial charge on any atom is -0.325 e. The summed E-state index contributed by atoms with van der Waals surface area (Å²) in [5.41, 5.74) is 4.14. The Balaban J connectivity index is 1.38. The second-order valence-corrected chi connectivity index (χ2v) is 8.91. The molecule has 0 atom stereocenters. The maximum Gasteiger partial charge on any atom is 0.143 e. The summed E-state index contributed by atoms with van der Waals surface area (Å²) in [4.78, 5) is 21.1. The lowest BCUT2D eigenvalue weighted by Gasteiger charge is -2.28. The van der Waals surface area contributed by atoms with Crippen LogP contribution < -0.4 is 5.32 Å². The molecule has 5 rings (SSSR count). The molecular formula is C23H24N6S. The van der Waals surface area contributed by atoms with Crippen molar-refractivity contribution in [1.29, 1.82) is 0 Å². The zero-order chi connectivity index (χ0) is 20.5. The second kappa shape index (κ2) is 8.08. The van der Waals surface area contributed by atoms with Crippen LogP contribution >= 0.6 is 11.3 Å². The number of anilines is 2. The van der Waals surface area contributed by atoms with Gasteiger partial charge in [0.15, 0.2) is 0 Å². The normalized spacial score (nSPS) is 15.5. The van der Waals surface area contributed by atoms with Crippen molar-refractivity contribution in [2.45, 2.75) is 25.7 Å². The minimum atomic E-state index is 0.529. The first-order valence-corrected chi connectivity index (χ1v) is 11.1. The van der Waals surface area contributed by atoms with Crippen molar-refractivity contribution in [3.63, 3.8) is 0 Å². The predicted octanol–water partition coefficient (Wildman–Crippen LogP) is 5.01. The molecule has 7 heteroatoms. The van der Waals surface area contributed by atoms with E-state index in [4.69, 9.17) is 9.97 Å². The van der Waals surface area contributed by atoms with E-state index in [0.29, 0.717) is 5.92 Å². The Labute approximate surface area is 180 Å². The first kappa shape index (κ1) is 19.1. The molecule has 4 aromatic rings. The second-order valence-electron chi connectivity index (χ2n) is 7.88. The number of nitrogens with one attached hydrogen (secondary N) is 1. The number of piperidine rings is 1. The van der Waals surface area contributed by atoms with E-state index in [0.717, 1.165) is 69.7 Å². The Hall–Kier alpha value is -2.90. The fraction of sp³-hybridized carbons (Fsp3) is 0.304. The molecule has 1 aliphatic rings. The number of thiazole rings is 1. The zero-order valence-electron chi connectivity index (χ0n) is 17.2. The summed E-state index contributed by atoms with van der Waals surface area (Å²) >= 11 is 1.62. The lowest BCUT2D eigenvalue weighted by molar-refractivity contribution is 0.253. The summed E-state index contributed by atoms with van der Waals surface area (Å²) in [5.74, 6) is 2.11. The largest absolute Gasteiger partial charge is 0.325 e. The highest BCUT2D eigenvalue weighted by molar-refractivity contribution is 7.21. The van der Waals surface area contributed by atoms with Crippen LogP contribution in [0, 0.1) is 6.92 Å². The summed E-state index contributed by atoms with van der Waals surface area (Å²) in [6.45, 7) is 4.32. The van der Waals surface area contributed by atoms with Gasteiger partial charge in [-0.25, -0.2) is 15.0 Å². The van der Waals surface area contributed by atoms with Crippen LogP contribution in [0.4, 0.5) is 11.6 Å². The summed E-state index contributed by atoms with van der Waals surface area (Å²) in [6.07, 6.45) is 6.00. The summed E-state index contributed by atoms with van der Waals surface area (Å²) < 4.78 is 1.05. The van der Waals surface area contributed by atoms with Crippen molar-refractivity contribution in [2.75, 3.05) is 25.5 Å². The molecule has 0 spiro atoms. The maximum atomic E-state index is 4.86. The van der Waals surface area contributed by atoms with Gasteiger partial charge in [-0.3, -0.25) is 4.98 Å². The molecule has 0 amide bonds. The summed E-state index contributed by atoms with van der Waals surface area (Å²) in [7, 11) is 2.18. The molecule has 1 N–H and O–H groups in total. The molecule has 4 aromatic heterocycles. The van der Waals surface area contributed by atoms with Gasteiger partial charge in [0.2, 0.25) is 0 Å². The van der Waals surface area contributed by atoms with Gasteiger partial charge in [-0.2, -0.15) is 0 Å². The average Bonchev–Trinajstić information content (AvgIpc) is 3.18.